The van der Waals surface area contributed by atoms with Gasteiger partial charge in [-0.05, 0) is 57.3 Å². The second-order valence-corrected chi connectivity index (χ2v) is 7.83. The first-order valence-corrected chi connectivity index (χ1v) is 10.1. The molecule has 0 fully saturated rings. The second kappa shape index (κ2) is 7.91. The van der Waals surface area contributed by atoms with E-state index >= 15 is 0 Å². The molecule has 0 unspecified atom stereocenters. The van der Waals surface area contributed by atoms with Crippen molar-refractivity contribution in [2.75, 3.05) is 19.0 Å². The Morgan fingerprint density at radius 1 is 1.14 bits per heavy atom. The van der Waals surface area contributed by atoms with Crippen LogP contribution in [-0.2, 0) is 14.8 Å². The molecule has 146 valence electrons. The van der Waals surface area contributed by atoms with Crippen LogP contribution in [0.1, 0.15) is 23.0 Å². The Balaban J connectivity index is 2.07. The van der Waals surface area contributed by atoms with Gasteiger partial charge in [-0.3, -0.25) is 0 Å². The number of hydrogen-bond acceptors (Lipinski definition) is 7. The number of nitrogens with zero attached hydrogens (tertiary/aromatic N) is 2. The lowest BCUT2D eigenvalue weighted by molar-refractivity contribution is 0.0527. The number of aryl methyl sites for hydroxylation is 1. The van der Waals surface area contributed by atoms with Crippen LogP contribution in [0.5, 0.6) is 0 Å². The van der Waals surface area contributed by atoms with Crippen molar-refractivity contribution < 1.29 is 17.9 Å². The number of aromatic nitrogens is 2. The van der Waals surface area contributed by atoms with Gasteiger partial charge < -0.3 is 10.1 Å². The lowest BCUT2D eigenvalue weighted by atomic mass is 10.1. The molecule has 3 rings (SSSR count). The molecular formula is C19H20N4O4S. The van der Waals surface area contributed by atoms with Crippen LogP contribution in [0.4, 0.5) is 11.4 Å². The van der Waals surface area contributed by atoms with Crippen LogP contribution in [-0.4, -0.2) is 38.0 Å². The number of fused-ring (bicyclic) bond motifs is 1. The molecule has 1 aromatic carbocycles. The molecule has 0 aliphatic rings. The average molecular weight is 400 g/mol. The van der Waals surface area contributed by atoms with Gasteiger partial charge in [-0.15, -0.1) is 0 Å². The predicted molar refractivity (Wildman–Crippen MR) is 106 cm³/mol. The fraction of sp³-hybridized carbons (Fsp3) is 0.211. The maximum absolute atomic E-state index is 12.4. The highest BCUT2D eigenvalue weighted by atomic mass is 32.2. The van der Waals surface area contributed by atoms with Gasteiger partial charge >= 0.3 is 5.97 Å². The summed E-state index contributed by atoms with van der Waals surface area (Å²) in [6.45, 7) is 3.82. The minimum atomic E-state index is -3.53. The summed E-state index contributed by atoms with van der Waals surface area (Å²) in [4.78, 5) is 21.2. The van der Waals surface area contributed by atoms with E-state index in [2.05, 4.69) is 20.0 Å². The SMILES string of the molecule is CCOC(=O)c1cnc2nc(C)ccc2c1Nc1ccc(S(=O)(=O)NC)cc1. The molecule has 0 spiro atoms. The van der Waals surface area contributed by atoms with Crippen LogP contribution in [0, 0.1) is 6.92 Å². The second-order valence-electron chi connectivity index (χ2n) is 5.95. The van der Waals surface area contributed by atoms with Gasteiger partial charge in [0, 0.05) is 23.0 Å². The zero-order valence-electron chi connectivity index (χ0n) is 15.7. The van der Waals surface area contributed by atoms with E-state index in [0.29, 0.717) is 22.4 Å². The predicted octanol–water partition coefficient (Wildman–Crippen LogP) is 2.77. The molecule has 2 aromatic heterocycles. The van der Waals surface area contributed by atoms with Crippen molar-refractivity contribution in [3.8, 4) is 0 Å². The lowest BCUT2D eigenvalue weighted by Crippen LogP contribution is -2.18. The summed E-state index contributed by atoms with van der Waals surface area (Å²) in [5, 5.41) is 3.83. The lowest BCUT2D eigenvalue weighted by Gasteiger charge is -2.14. The van der Waals surface area contributed by atoms with Crippen molar-refractivity contribution in [3.63, 3.8) is 0 Å². The summed E-state index contributed by atoms with van der Waals surface area (Å²) in [6.07, 6.45) is 1.43. The molecule has 28 heavy (non-hydrogen) atoms. The third-order valence-electron chi connectivity index (χ3n) is 4.07. The molecule has 0 atom stereocenters. The minimum absolute atomic E-state index is 0.142. The summed E-state index contributed by atoms with van der Waals surface area (Å²) in [5.41, 5.74) is 2.67. The first-order valence-electron chi connectivity index (χ1n) is 8.60. The van der Waals surface area contributed by atoms with Crippen LogP contribution < -0.4 is 10.0 Å². The number of rotatable bonds is 6. The van der Waals surface area contributed by atoms with E-state index in [4.69, 9.17) is 4.74 Å². The Labute approximate surface area is 163 Å². The van der Waals surface area contributed by atoms with E-state index in [1.807, 2.05) is 19.1 Å². The quantitative estimate of drug-likeness (QED) is 0.612. The van der Waals surface area contributed by atoms with Crippen LogP contribution in [0.2, 0.25) is 0 Å². The number of hydrogen-bond donors (Lipinski definition) is 2. The number of benzene rings is 1. The number of anilines is 2. The first kappa shape index (κ1) is 19.7. The average Bonchev–Trinajstić information content (AvgIpc) is 2.68. The number of carbonyl (C=O) groups excluding carboxylic acids is 1. The van der Waals surface area contributed by atoms with E-state index < -0.39 is 16.0 Å². The van der Waals surface area contributed by atoms with Gasteiger partial charge in [-0.2, -0.15) is 0 Å². The highest BCUT2D eigenvalue weighted by Gasteiger charge is 2.18. The molecule has 0 bridgehead atoms. The number of ether oxygens (including phenoxy) is 1. The highest BCUT2D eigenvalue weighted by molar-refractivity contribution is 7.89. The van der Waals surface area contributed by atoms with E-state index in [1.54, 1.807) is 19.1 Å². The highest BCUT2D eigenvalue weighted by Crippen LogP contribution is 2.29. The van der Waals surface area contributed by atoms with Crippen molar-refractivity contribution >= 4 is 38.4 Å². The summed E-state index contributed by atoms with van der Waals surface area (Å²) in [5.74, 6) is -0.505. The maximum atomic E-state index is 12.4. The summed E-state index contributed by atoms with van der Waals surface area (Å²) in [7, 11) is -2.18. The Hall–Kier alpha value is -3.04. The molecule has 3 aromatic rings. The molecule has 0 amide bonds. The molecule has 2 N–H and O–H groups in total. The van der Waals surface area contributed by atoms with Gasteiger partial charge in [-0.1, -0.05) is 0 Å². The van der Waals surface area contributed by atoms with Gasteiger partial charge in [0.05, 0.1) is 17.2 Å². The third kappa shape index (κ3) is 3.95. The van der Waals surface area contributed by atoms with Gasteiger partial charge in [0.15, 0.2) is 5.65 Å². The van der Waals surface area contributed by atoms with Gasteiger partial charge in [-0.25, -0.2) is 27.9 Å². The monoisotopic (exact) mass is 400 g/mol. The van der Waals surface area contributed by atoms with E-state index in [9.17, 15) is 13.2 Å². The number of carbonyl (C=O) groups is 1. The standard InChI is InChI=1S/C19H20N4O4S/c1-4-27-19(24)16-11-21-18-15(10-5-12(2)22-18)17(16)23-13-6-8-14(9-7-13)28(25,26)20-3/h5-11,20H,4H2,1-3H3,(H,21,22,23). The summed E-state index contributed by atoms with van der Waals surface area (Å²) >= 11 is 0. The Morgan fingerprint density at radius 3 is 2.50 bits per heavy atom. The summed E-state index contributed by atoms with van der Waals surface area (Å²) in [6, 6.07) is 9.84. The molecule has 2 heterocycles. The third-order valence-corrected chi connectivity index (χ3v) is 5.50. The Kier molecular flexibility index (Phi) is 5.57. The number of pyridine rings is 2. The van der Waals surface area contributed by atoms with E-state index in [0.717, 1.165) is 5.69 Å². The zero-order chi connectivity index (χ0) is 20.3. The molecule has 0 radical (unpaired) electrons. The molecule has 0 saturated heterocycles. The topological polar surface area (TPSA) is 110 Å². The van der Waals surface area contributed by atoms with E-state index in [-0.39, 0.29) is 17.1 Å². The molecular weight excluding hydrogens is 380 g/mol. The fourth-order valence-electron chi connectivity index (χ4n) is 2.65. The van der Waals surface area contributed by atoms with Crippen molar-refractivity contribution in [2.45, 2.75) is 18.7 Å². The van der Waals surface area contributed by atoms with Gasteiger partial charge in [0.25, 0.3) is 0 Å². The summed E-state index contributed by atoms with van der Waals surface area (Å²) < 4.78 is 31.2. The number of sulfonamides is 1. The fourth-order valence-corrected chi connectivity index (χ4v) is 3.38. The molecule has 9 heteroatoms. The maximum Gasteiger partial charge on any atom is 0.341 e. The van der Waals surface area contributed by atoms with Crippen LogP contribution >= 0.6 is 0 Å². The normalized spacial score (nSPS) is 11.4. The first-order chi connectivity index (χ1) is 13.4. The minimum Gasteiger partial charge on any atom is -0.462 e. The van der Waals surface area contributed by atoms with Crippen molar-refractivity contribution in [2.24, 2.45) is 0 Å². The van der Waals surface area contributed by atoms with Crippen molar-refractivity contribution in [3.05, 3.63) is 53.9 Å². The molecule has 8 nitrogen and oxygen atoms in total. The Bertz CT molecular complexity index is 1130. The van der Waals surface area contributed by atoms with Crippen LogP contribution in [0.3, 0.4) is 0 Å². The number of esters is 1. The zero-order valence-corrected chi connectivity index (χ0v) is 16.5. The van der Waals surface area contributed by atoms with E-state index in [1.165, 1.54) is 25.4 Å². The van der Waals surface area contributed by atoms with Gasteiger partial charge in [0.2, 0.25) is 10.0 Å². The molecule has 0 saturated carbocycles. The van der Waals surface area contributed by atoms with Crippen LogP contribution in [0.25, 0.3) is 11.0 Å². The van der Waals surface area contributed by atoms with Crippen molar-refractivity contribution in [1.29, 1.82) is 0 Å². The van der Waals surface area contributed by atoms with Crippen LogP contribution in [0.15, 0.2) is 47.5 Å². The molecule has 0 aliphatic carbocycles. The van der Waals surface area contributed by atoms with Gasteiger partial charge in [0.1, 0.15) is 5.56 Å². The molecule has 0 aliphatic heterocycles. The Morgan fingerprint density at radius 2 is 1.86 bits per heavy atom. The largest absolute Gasteiger partial charge is 0.462 e. The van der Waals surface area contributed by atoms with Crippen molar-refractivity contribution in [1.82, 2.24) is 14.7 Å². The number of nitrogens with one attached hydrogen (secondary N) is 2. The smallest absolute Gasteiger partial charge is 0.341 e.